The third kappa shape index (κ3) is 5.00. The second-order valence-electron chi connectivity index (χ2n) is 8.25. The van der Waals surface area contributed by atoms with Crippen LogP contribution < -0.4 is 4.74 Å². The van der Waals surface area contributed by atoms with E-state index in [1.165, 1.54) is 0 Å². The molecule has 1 aromatic rings. The summed E-state index contributed by atoms with van der Waals surface area (Å²) in [5, 5.41) is 9.72. The topological polar surface area (TPSA) is 74.2 Å². The number of aryl methyl sites for hydroxylation is 1. The fraction of sp³-hybridized carbons (Fsp3) is 0.667. The van der Waals surface area contributed by atoms with Gasteiger partial charge in [0, 0.05) is 11.0 Å². The van der Waals surface area contributed by atoms with E-state index in [-0.39, 0.29) is 19.2 Å². The highest BCUT2D eigenvalue weighted by atomic mass is 16.7. The van der Waals surface area contributed by atoms with Gasteiger partial charge in [-0.25, -0.2) is 0 Å². The molecule has 1 aliphatic heterocycles. The van der Waals surface area contributed by atoms with Crippen LogP contribution in [0.1, 0.15) is 57.1 Å². The van der Waals surface area contributed by atoms with Gasteiger partial charge in [0.2, 0.25) is 0 Å². The van der Waals surface area contributed by atoms with Crippen molar-refractivity contribution in [1.29, 1.82) is 0 Å². The second kappa shape index (κ2) is 8.59. The highest BCUT2D eigenvalue weighted by Crippen LogP contribution is 2.36. The number of aliphatic hydroxyl groups excluding tert-OH is 1. The minimum atomic E-state index is -0.561. The molecule has 27 heavy (non-hydrogen) atoms. The van der Waals surface area contributed by atoms with Gasteiger partial charge in [-0.2, -0.15) is 0 Å². The van der Waals surface area contributed by atoms with E-state index < -0.39 is 17.1 Å². The van der Waals surface area contributed by atoms with E-state index in [4.69, 9.17) is 18.9 Å². The molecule has 1 saturated heterocycles. The van der Waals surface area contributed by atoms with Crippen LogP contribution in [0.25, 0.3) is 0 Å². The van der Waals surface area contributed by atoms with Crippen LogP contribution in [0.5, 0.6) is 5.75 Å². The number of hydrogen-bond acceptors (Lipinski definition) is 6. The predicted octanol–water partition coefficient (Wildman–Crippen LogP) is 3.53. The van der Waals surface area contributed by atoms with Crippen molar-refractivity contribution in [2.75, 3.05) is 26.9 Å². The first-order valence-corrected chi connectivity index (χ1v) is 9.34. The molecule has 1 heterocycles. The molecule has 1 N–H and O–H groups in total. The van der Waals surface area contributed by atoms with Gasteiger partial charge >= 0.3 is 5.97 Å². The molecule has 0 saturated carbocycles. The molecule has 0 unspecified atom stereocenters. The van der Waals surface area contributed by atoms with Crippen LogP contribution in [0.3, 0.4) is 0 Å². The average Bonchev–Trinajstić information content (AvgIpc) is 2.66. The molecule has 6 heteroatoms. The van der Waals surface area contributed by atoms with Gasteiger partial charge in [0.05, 0.1) is 32.3 Å². The number of ether oxygens (including phenoxy) is 4. The highest BCUT2D eigenvalue weighted by molar-refractivity contribution is 5.75. The maximum Gasteiger partial charge on any atom is 0.311 e. The minimum Gasteiger partial charge on any atom is -0.497 e. The van der Waals surface area contributed by atoms with Crippen LogP contribution in [0.15, 0.2) is 12.1 Å². The van der Waals surface area contributed by atoms with E-state index in [1.807, 2.05) is 40.7 Å². The van der Waals surface area contributed by atoms with E-state index in [0.717, 1.165) is 23.1 Å². The van der Waals surface area contributed by atoms with Gasteiger partial charge in [-0.3, -0.25) is 4.79 Å². The quantitative estimate of drug-likeness (QED) is 0.730. The van der Waals surface area contributed by atoms with E-state index in [9.17, 15) is 9.90 Å². The molecule has 0 radical (unpaired) electrons. The molecule has 1 fully saturated rings. The van der Waals surface area contributed by atoms with Gasteiger partial charge in [0.25, 0.3) is 0 Å². The molecule has 6 nitrogen and oxygen atoms in total. The molecule has 0 aliphatic carbocycles. The maximum absolute atomic E-state index is 12.2. The third-order valence-corrected chi connectivity index (χ3v) is 5.24. The molecule has 0 spiro atoms. The predicted molar refractivity (Wildman–Crippen MR) is 101 cm³/mol. The lowest BCUT2D eigenvalue weighted by molar-refractivity contribution is -0.240. The van der Waals surface area contributed by atoms with E-state index >= 15 is 0 Å². The molecule has 2 rings (SSSR count). The summed E-state index contributed by atoms with van der Waals surface area (Å²) in [5.41, 5.74) is 1.57. The Morgan fingerprint density at radius 2 is 1.96 bits per heavy atom. The summed E-state index contributed by atoms with van der Waals surface area (Å²) in [7, 11) is 1.59. The number of esters is 1. The van der Waals surface area contributed by atoms with Crippen molar-refractivity contribution < 1.29 is 28.8 Å². The minimum absolute atomic E-state index is 0.127. The Bertz CT molecular complexity index is 659. The Kier molecular flexibility index (Phi) is 6.89. The number of aliphatic hydroxyl groups is 1. The summed E-state index contributed by atoms with van der Waals surface area (Å²) in [6.45, 7) is 10.6. The second-order valence-corrected chi connectivity index (χ2v) is 8.25. The molecule has 0 atom stereocenters. The lowest BCUT2D eigenvalue weighted by Crippen LogP contribution is -2.42. The first-order chi connectivity index (χ1) is 12.7. The smallest absolute Gasteiger partial charge is 0.311 e. The summed E-state index contributed by atoms with van der Waals surface area (Å²) < 4.78 is 22.7. The standard InChI is InChI=1S/C21H32O6/c1-7-20(3,4)19(23)27-13-21(5)11-25-18(26-12-21)17-14(2)8-16(24-6)9-15(17)10-22/h8-9,18,22H,7,10-13H2,1-6H3. The SMILES string of the molecule is CCC(C)(C)C(=O)OCC1(C)COC(c2c(C)cc(OC)cc2CO)OC1. The molecule has 0 amide bonds. The van der Waals surface area contributed by atoms with E-state index in [1.54, 1.807) is 13.2 Å². The van der Waals surface area contributed by atoms with E-state index in [0.29, 0.717) is 19.0 Å². The van der Waals surface area contributed by atoms with Crippen LogP contribution >= 0.6 is 0 Å². The molecular formula is C21H32O6. The zero-order chi connectivity index (χ0) is 20.2. The van der Waals surface area contributed by atoms with Gasteiger partial charge in [0.1, 0.15) is 12.4 Å². The largest absolute Gasteiger partial charge is 0.497 e. The maximum atomic E-state index is 12.2. The van der Waals surface area contributed by atoms with Gasteiger partial charge in [-0.05, 0) is 50.5 Å². The third-order valence-electron chi connectivity index (χ3n) is 5.24. The number of carbonyl (C=O) groups is 1. The Hall–Kier alpha value is -1.63. The van der Waals surface area contributed by atoms with Crippen molar-refractivity contribution in [3.63, 3.8) is 0 Å². The van der Waals surface area contributed by atoms with Crippen molar-refractivity contribution in [3.05, 3.63) is 28.8 Å². The van der Waals surface area contributed by atoms with Gasteiger partial charge in [-0.1, -0.05) is 13.8 Å². The number of benzene rings is 1. The highest BCUT2D eigenvalue weighted by Gasteiger charge is 2.37. The molecule has 0 bridgehead atoms. The van der Waals surface area contributed by atoms with Gasteiger partial charge in [0.15, 0.2) is 6.29 Å². The fourth-order valence-electron chi connectivity index (χ4n) is 2.89. The van der Waals surface area contributed by atoms with Gasteiger partial charge in [-0.15, -0.1) is 0 Å². The van der Waals surface area contributed by atoms with Crippen molar-refractivity contribution >= 4 is 5.97 Å². The number of carbonyl (C=O) groups excluding carboxylic acids is 1. The lowest BCUT2D eigenvalue weighted by atomic mass is 9.89. The first kappa shape index (κ1) is 21.7. The van der Waals surface area contributed by atoms with E-state index in [2.05, 4.69) is 0 Å². The molecule has 0 aromatic heterocycles. The van der Waals surface area contributed by atoms with Crippen LogP contribution in [0, 0.1) is 17.8 Å². The summed E-state index contributed by atoms with van der Waals surface area (Å²) in [6, 6.07) is 3.68. The van der Waals surface area contributed by atoms with Crippen molar-refractivity contribution in [1.82, 2.24) is 0 Å². The van der Waals surface area contributed by atoms with Crippen LogP contribution in [0.2, 0.25) is 0 Å². The summed E-state index contributed by atoms with van der Waals surface area (Å²) in [4.78, 5) is 12.2. The molecule has 152 valence electrons. The molecular weight excluding hydrogens is 348 g/mol. The Morgan fingerprint density at radius 3 is 2.48 bits per heavy atom. The molecule has 1 aliphatic rings. The van der Waals surface area contributed by atoms with Crippen molar-refractivity contribution in [2.24, 2.45) is 10.8 Å². The normalized spacial score (nSPS) is 23.1. The fourth-order valence-corrected chi connectivity index (χ4v) is 2.89. The van der Waals surface area contributed by atoms with Crippen molar-refractivity contribution in [3.8, 4) is 5.75 Å². The van der Waals surface area contributed by atoms with Crippen LogP contribution in [0.4, 0.5) is 0 Å². The zero-order valence-corrected chi connectivity index (χ0v) is 17.3. The first-order valence-electron chi connectivity index (χ1n) is 9.34. The zero-order valence-electron chi connectivity index (χ0n) is 17.3. The Labute approximate surface area is 161 Å². The average molecular weight is 380 g/mol. The number of rotatable bonds is 7. The number of hydrogen-bond donors (Lipinski definition) is 1. The van der Waals surface area contributed by atoms with Crippen LogP contribution in [-0.4, -0.2) is 38.0 Å². The summed E-state index contributed by atoms with van der Waals surface area (Å²) in [5.74, 6) is 0.480. The lowest BCUT2D eigenvalue weighted by Gasteiger charge is -2.38. The van der Waals surface area contributed by atoms with Crippen LogP contribution in [-0.2, 0) is 25.6 Å². The van der Waals surface area contributed by atoms with Gasteiger partial charge < -0.3 is 24.1 Å². The number of methoxy groups -OCH3 is 1. The molecule has 1 aromatic carbocycles. The van der Waals surface area contributed by atoms with Crippen molar-refractivity contribution in [2.45, 2.75) is 53.9 Å². The summed E-state index contributed by atoms with van der Waals surface area (Å²) in [6.07, 6.45) is 0.159. The monoisotopic (exact) mass is 380 g/mol. The summed E-state index contributed by atoms with van der Waals surface area (Å²) >= 11 is 0. The Morgan fingerprint density at radius 1 is 1.33 bits per heavy atom. The Balaban J connectivity index is 2.04.